The molecule has 0 spiro atoms. The standard InChI is InChI=1S/C13H16BrNO3/c14-9-2-1-3-11-18-13-6-4-12(5-7-13)8-10-15(16)17/h4-8,10H,1-3,9,11H2/b10-8+. The first-order valence-electron chi connectivity index (χ1n) is 5.83. The molecule has 0 N–H and O–H groups in total. The van der Waals surface area contributed by atoms with Crippen LogP contribution in [0.5, 0.6) is 5.75 Å². The molecule has 0 amide bonds. The maximum absolute atomic E-state index is 10.2. The molecule has 0 aliphatic carbocycles. The number of hydrogen-bond donors (Lipinski definition) is 0. The molecular weight excluding hydrogens is 298 g/mol. The lowest BCUT2D eigenvalue weighted by atomic mass is 10.2. The van der Waals surface area contributed by atoms with Crippen molar-refractivity contribution in [2.75, 3.05) is 11.9 Å². The smallest absolute Gasteiger partial charge is 0.235 e. The quantitative estimate of drug-likeness (QED) is 0.317. The Bertz CT molecular complexity index is 390. The van der Waals surface area contributed by atoms with Gasteiger partial charge in [-0.25, -0.2) is 0 Å². The highest BCUT2D eigenvalue weighted by Crippen LogP contribution is 2.14. The summed E-state index contributed by atoms with van der Waals surface area (Å²) in [6, 6.07) is 7.25. The van der Waals surface area contributed by atoms with Gasteiger partial charge in [0.15, 0.2) is 0 Å². The Morgan fingerprint density at radius 1 is 1.22 bits per heavy atom. The highest BCUT2D eigenvalue weighted by molar-refractivity contribution is 9.09. The van der Waals surface area contributed by atoms with Crippen LogP contribution in [0.15, 0.2) is 30.5 Å². The Morgan fingerprint density at radius 2 is 1.94 bits per heavy atom. The Labute approximate surface area is 115 Å². The van der Waals surface area contributed by atoms with Gasteiger partial charge < -0.3 is 4.74 Å². The molecule has 0 saturated heterocycles. The van der Waals surface area contributed by atoms with Crippen molar-refractivity contribution in [1.82, 2.24) is 0 Å². The van der Waals surface area contributed by atoms with Crippen molar-refractivity contribution >= 4 is 22.0 Å². The van der Waals surface area contributed by atoms with Crippen LogP contribution in [-0.2, 0) is 0 Å². The summed E-state index contributed by atoms with van der Waals surface area (Å²) in [4.78, 5) is 9.68. The van der Waals surface area contributed by atoms with Gasteiger partial charge >= 0.3 is 0 Å². The van der Waals surface area contributed by atoms with Crippen LogP contribution in [0.4, 0.5) is 0 Å². The lowest BCUT2D eigenvalue weighted by Gasteiger charge is -2.05. The summed E-state index contributed by atoms with van der Waals surface area (Å²) in [6.45, 7) is 0.705. The van der Waals surface area contributed by atoms with Crippen molar-refractivity contribution in [3.8, 4) is 5.75 Å². The second-order valence-corrected chi connectivity index (χ2v) is 4.56. The second-order valence-electron chi connectivity index (χ2n) is 3.77. The summed E-state index contributed by atoms with van der Waals surface area (Å²) in [5.41, 5.74) is 0.790. The molecule has 0 bridgehead atoms. The van der Waals surface area contributed by atoms with Crippen LogP contribution in [0, 0.1) is 10.1 Å². The molecule has 0 unspecified atom stereocenters. The summed E-state index contributed by atoms with van der Waals surface area (Å²) in [5.74, 6) is 0.798. The lowest BCUT2D eigenvalue weighted by molar-refractivity contribution is -0.400. The van der Waals surface area contributed by atoms with Crippen LogP contribution >= 0.6 is 15.9 Å². The van der Waals surface area contributed by atoms with Crippen LogP contribution in [0.3, 0.4) is 0 Å². The zero-order chi connectivity index (χ0) is 13.2. The van der Waals surface area contributed by atoms with Crippen LogP contribution in [0.2, 0.25) is 0 Å². The molecule has 0 radical (unpaired) electrons. The number of hydrogen-bond acceptors (Lipinski definition) is 3. The minimum atomic E-state index is -0.478. The Kier molecular flexibility index (Phi) is 7.10. The third kappa shape index (κ3) is 6.39. The van der Waals surface area contributed by atoms with Crippen LogP contribution in [0.1, 0.15) is 24.8 Å². The molecule has 1 rings (SSSR count). The number of ether oxygens (including phenoxy) is 1. The van der Waals surface area contributed by atoms with Crippen LogP contribution < -0.4 is 4.74 Å². The number of nitro groups is 1. The van der Waals surface area contributed by atoms with Gasteiger partial charge in [-0.05, 0) is 37.0 Å². The summed E-state index contributed by atoms with van der Waals surface area (Å²) in [6.07, 6.45) is 5.73. The van der Waals surface area contributed by atoms with Crippen molar-refractivity contribution in [2.24, 2.45) is 0 Å². The first-order valence-corrected chi connectivity index (χ1v) is 6.95. The van der Waals surface area contributed by atoms with E-state index in [1.165, 1.54) is 6.08 Å². The van der Waals surface area contributed by atoms with Crippen molar-refractivity contribution < 1.29 is 9.66 Å². The van der Waals surface area contributed by atoms with Gasteiger partial charge in [-0.3, -0.25) is 10.1 Å². The zero-order valence-corrected chi connectivity index (χ0v) is 11.6. The fourth-order valence-corrected chi connectivity index (χ4v) is 1.78. The van der Waals surface area contributed by atoms with Gasteiger partial charge in [0.1, 0.15) is 5.75 Å². The predicted molar refractivity (Wildman–Crippen MR) is 75.6 cm³/mol. The SMILES string of the molecule is O=[N+]([O-])/C=C/c1ccc(OCCCCCBr)cc1. The molecule has 0 heterocycles. The Balaban J connectivity index is 2.34. The average Bonchev–Trinajstić information content (AvgIpc) is 2.37. The van der Waals surface area contributed by atoms with Crippen molar-refractivity contribution in [3.63, 3.8) is 0 Å². The molecule has 1 aromatic rings. The fraction of sp³-hybridized carbons (Fsp3) is 0.385. The van der Waals surface area contributed by atoms with Gasteiger partial charge in [0.25, 0.3) is 0 Å². The minimum Gasteiger partial charge on any atom is -0.494 e. The third-order valence-corrected chi connectivity index (χ3v) is 2.88. The van der Waals surface area contributed by atoms with Crippen LogP contribution in [-0.4, -0.2) is 16.9 Å². The normalized spacial score (nSPS) is 10.7. The van der Waals surface area contributed by atoms with Gasteiger partial charge in [0.05, 0.1) is 11.5 Å². The molecular formula is C13H16BrNO3. The molecule has 0 aliphatic rings. The molecule has 5 heteroatoms. The first-order chi connectivity index (χ1) is 8.72. The Morgan fingerprint density at radius 3 is 2.56 bits per heavy atom. The molecule has 1 aromatic carbocycles. The molecule has 0 aliphatic heterocycles. The predicted octanol–water partition coefficient (Wildman–Crippen LogP) is 3.88. The summed E-state index contributed by atoms with van der Waals surface area (Å²) in [5, 5.41) is 11.2. The van der Waals surface area contributed by atoms with Gasteiger partial charge in [-0.2, -0.15) is 0 Å². The van der Waals surface area contributed by atoms with E-state index < -0.39 is 4.92 Å². The maximum atomic E-state index is 10.2. The zero-order valence-electron chi connectivity index (χ0n) is 10.0. The van der Waals surface area contributed by atoms with Crippen molar-refractivity contribution in [3.05, 3.63) is 46.1 Å². The number of halogens is 1. The number of benzene rings is 1. The number of nitrogens with zero attached hydrogens (tertiary/aromatic N) is 1. The van der Waals surface area contributed by atoms with E-state index in [-0.39, 0.29) is 0 Å². The molecule has 0 fully saturated rings. The average molecular weight is 314 g/mol. The maximum Gasteiger partial charge on any atom is 0.235 e. The van der Waals surface area contributed by atoms with Gasteiger partial charge in [-0.15, -0.1) is 0 Å². The molecule has 4 nitrogen and oxygen atoms in total. The highest BCUT2D eigenvalue weighted by Gasteiger charge is 1.95. The molecule has 18 heavy (non-hydrogen) atoms. The monoisotopic (exact) mass is 313 g/mol. The van der Waals surface area contributed by atoms with E-state index in [4.69, 9.17) is 4.74 Å². The van der Waals surface area contributed by atoms with Gasteiger partial charge in [-0.1, -0.05) is 28.1 Å². The van der Waals surface area contributed by atoms with E-state index in [1.54, 1.807) is 12.1 Å². The van der Waals surface area contributed by atoms with Crippen LogP contribution in [0.25, 0.3) is 6.08 Å². The molecule has 98 valence electrons. The van der Waals surface area contributed by atoms with Gasteiger partial charge in [0, 0.05) is 11.4 Å². The second kappa shape index (κ2) is 8.69. The van der Waals surface area contributed by atoms with E-state index in [0.29, 0.717) is 6.61 Å². The molecule has 0 atom stereocenters. The van der Waals surface area contributed by atoms with E-state index in [2.05, 4.69) is 15.9 Å². The third-order valence-electron chi connectivity index (χ3n) is 2.32. The van der Waals surface area contributed by atoms with E-state index in [1.807, 2.05) is 12.1 Å². The number of alkyl halides is 1. The highest BCUT2D eigenvalue weighted by atomic mass is 79.9. The number of rotatable bonds is 8. The van der Waals surface area contributed by atoms with E-state index >= 15 is 0 Å². The largest absolute Gasteiger partial charge is 0.494 e. The van der Waals surface area contributed by atoms with Crippen molar-refractivity contribution in [1.29, 1.82) is 0 Å². The molecule has 0 aromatic heterocycles. The minimum absolute atomic E-state index is 0.478. The number of unbranched alkanes of at least 4 members (excludes halogenated alkanes) is 2. The van der Waals surface area contributed by atoms with E-state index in [0.717, 1.165) is 42.1 Å². The summed E-state index contributed by atoms with van der Waals surface area (Å²) >= 11 is 3.38. The fourth-order valence-electron chi connectivity index (χ4n) is 1.39. The molecule has 0 saturated carbocycles. The van der Waals surface area contributed by atoms with Gasteiger partial charge in [0.2, 0.25) is 6.20 Å². The van der Waals surface area contributed by atoms with E-state index in [9.17, 15) is 10.1 Å². The van der Waals surface area contributed by atoms with Crippen molar-refractivity contribution in [2.45, 2.75) is 19.3 Å². The summed E-state index contributed by atoms with van der Waals surface area (Å²) < 4.78 is 5.56. The topological polar surface area (TPSA) is 52.4 Å². The lowest BCUT2D eigenvalue weighted by Crippen LogP contribution is -1.97. The Hall–Kier alpha value is -1.36. The summed E-state index contributed by atoms with van der Waals surface area (Å²) in [7, 11) is 0. The first kappa shape index (κ1) is 14.7.